The molecule has 1 unspecified atom stereocenters. The summed E-state index contributed by atoms with van der Waals surface area (Å²) in [5.74, 6) is 2.53. The first kappa shape index (κ1) is 11.5. The molecule has 0 fully saturated rings. The molecule has 5 heteroatoms. The first-order valence-electron chi connectivity index (χ1n) is 5.97. The van der Waals surface area contributed by atoms with Crippen LogP contribution in [0.5, 0.6) is 0 Å². The lowest BCUT2D eigenvalue weighted by Crippen LogP contribution is -2.37. The summed E-state index contributed by atoms with van der Waals surface area (Å²) < 4.78 is 7.59. The molecule has 90 valence electrons. The summed E-state index contributed by atoms with van der Waals surface area (Å²) in [4.78, 5) is 0. The zero-order valence-corrected chi connectivity index (χ0v) is 10.2. The van der Waals surface area contributed by atoms with Gasteiger partial charge in [-0.2, -0.15) is 0 Å². The third-order valence-electron chi connectivity index (χ3n) is 2.94. The van der Waals surface area contributed by atoms with Crippen LogP contribution in [0, 0.1) is 5.92 Å². The highest BCUT2D eigenvalue weighted by molar-refractivity contribution is 5.04. The first-order valence-corrected chi connectivity index (χ1v) is 5.97. The van der Waals surface area contributed by atoms with Crippen molar-refractivity contribution >= 4 is 0 Å². The van der Waals surface area contributed by atoms with Crippen LogP contribution in [0.3, 0.4) is 0 Å². The Bertz CT molecular complexity index is 348. The standard InChI is InChI=1S/C11H20N4O/c1-4-16-7-9-13-14-11-10(8(2)3)12-5-6-15(9)11/h8,10,12H,4-7H2,1-3H3. The van der Waals surface area contributed by atoms with E-state index in [1.165, 1.54) is 0 Å². The van der Waals surface area contributed by atoms with Gasteiger partial charge in [0.05, 0.1) is 6.04 Å². The molecule has 0 amide bonds. The number of hydrogen-bond acceptors (Lipinski definition) is 4. The minimum Gasteiger partial charge on any atom is -0.374 e. The lowest BCUT2D eigenvalue weighted by molar-refractivity contribution is 0.124. The molecule has 0 saturated heterocycles. The highest BCUT2D eigenvalue weighted by Crippen LogP contribution is 2.23. The van der Waals surface area contributed by atoms with E-state index in [1.807, 2.05) is 6.92 Å². The zero-order chi connectivity index (χ0) is 11.5. The Balaban J connectivity index is 2.20. The van der Waals surface area contributed by atoms with Crippen LogP contribution in [0.2, 0.25) is 0 Å². The lowest BCUT2D eigenvalue weighted by Gasteiger charge is -2.27. The molecule has 2 heterocycles. The normalized spacial score (nSPS) is 20.1. The third-order valence-corrected chi connectivity index (χ3v) is 2.94. The Labute approximate surface area is 96.2 Å². The van der Waals surface area contributed by atoms with Crippen molar-refractivity contribution in [2.45, 2.75) is 40.0 Å². The Morgan fingerprint density at radius 2 is 2.31 bits per heavy atom. The number of fused-ring (bicyclic) bond motifs is 1. The molecule has 0 aliphatic carbocycles. The van der Waals surface area contributed by atoms with Gasteiger partial charge < -0.3 is 14.6 Å². The van der Waals surface area contributed by atoms with Crippen LogP contribution in [0.25, 0.3) is 0 Å². The molecule has 0 spiro atoms. The van der Waals surface area contributed by atoms with E-state index in [2.05, 4.69) is 33.9 Å². The van der Waals surface area contributed by atoms with E-state index in [0.29, 0.717) is 25.2 Å². The summed E-state index contributed by atoms with van der Waals surface area (Å²) in [5, 5.41) is 12.0. The average Bonchev–Trinajstić information content (AvgIpc) is 2.69. The number of aromatic nitrogens is 3. The Morgan fingerprint density at radius 1 is 1.50 bits per heavy atom. The highest BCUT2D eigenvalue weighted by atomic mass is 16.5. The quantitative estimate of drug-likeness (QED) is 0.832. The molecule has 5 nitrogen and oxygen atoms in total. The molecule has 0 saturated carbocycles. The van der Waals surface area contributed by atoms with Crippen molar-refractivity contribution in [2.75, 3.05) is 13.2 Å². The fourth-order valence-corrected chi connectivity index (χ4v) is 2.08. The first-order chi connectivity index (χ1) is 7.74. The monoisotopic (exact) mass is 224 g/mol. The van der Waals surface area contributed by atoms with Crippen molar-refractivity contribution in [3.63, 3.8) is 0 Å². The number of ether oxygens (including phenoxy) is 1. The van der Waals surface area contributed by atoms with E-state index in [0.717, 1.165) is 24.7 Å². The van der Waals surface area contributed by atoms with E-state index in [-0.39, 0.29) is 0 Å². The topological polar surface area (TPSA) is 52.0 Å². The largest absolute Gasteiger partial charge is 0.374 e. The molecule has 0 radical (unpaired) electrons. The van der Waals surface area contributed by atoms with Crippen molar-refractivity contribution in [2.24, 2.45) is 5.92 Å². The smallest absolute Gasteiger partial charge is 0.159 e. The number of hydrogen-bond donors (Lipinski definition) is 1. The summed E-state index contributed by atoms with van der Waals surface area (Å²) in [5.41, 5.74) is 0. The minimum atomic E-state index is 0.316. The van der Waals surface area contributed by atoms with Crippen LogP contribution in [0.1, 0.15) is 38.5 Å². The summed E-state index contributed by atoms with van der Waals surface area (Å²) in [6.45, 7) is 9.59. The van der Waals surface area contributed by atoms with Crippen molar-refractivity contribution in [3.05, 3.63) is 11.6 Å². The Hall–Kier alpha value is -0.940. The van der Waals surface area contributed by atoms with E-state index in [1.54, 1.807) is 0 Å². The molecule has 1 aliphatic heterocycles. The van der Waals surface area contributed by atoms with Crippen LogP contribution in [-0.2, 0) is 17.9 Å². The summed E-state index contributed by atoms with van der Waals surface area (Å²) in [6, 6.07) is 0.316. The van der Waals surface area contributed by atoms with Crippen LogP contribution >= 0.6 is 0 Å². The maximum absolute atomic E-state index is 5.40. The number of rotatable bonds is 4. The second kappa shape index (κ2) is 4.93. The van der Waals surface area contributed by atoms with Crippen LogP contribution in [0.15, 0.2) is 0 Å². The van der Waals surface area contributed by atoms with Gasteiger partial charge in [-0.15, -0.1) is 10.2 Å². The lowest BCUT2D eigenvalue weighted by atomic mass is 10.0. The van der Waals surface area contributed by atoms with Gasteiger partial charge in [-0.25, -0.2) is 0 Å². The summed E-state index contributed by atoms with van der Waals surface area (Å²) >= 11 is 0. The van der Waals surface area contributed by atoms with Crippen molar-refractivity contribution in [1.82, 2.24) is 20.1 Å². The summed E-state index contributed by atoms with van der Waals surface area (Å²) in [7, 11) is 0. The maximum Gasteiger partial charge on any atom is 0.159 e. The van der Waals surface area contributed by atoms with E-state index < -0.39 is 0 Å². The van der Waals surface area contributed by atoms with E-state index >= 15 is 0 Å². The molecule has 16 heavy (non-hydrogen) atoms. The van der Waals surface area contributed by atoms with Crippen molar-refractivity contribution in [1.29, 1.82) is 0 Å². The van der Waals surface area contributed by atoms with Gasteiger partial charge in [0.15, 0.2) is 11.6 Å². The molecular weight excluding hydrogens is 204 g/mol. The Kier molecular flexibility index (Phi) is 3.56. The number of nitrogens with zero attached hydrogens (tertiary/aromatic N) is 3. The predicted octanol–water partition coefficient (Wildman–Crippen LogP) is 1.11. The Morgan fingerprint density at radius 3 is 3.00 bits per heavy atom. The van der Waals surface area contributed by atoms with Gasteiger partial charge in [0.1, 0.15) is 6.61 Å². The van der Waals surface area contributed by atoms with Crippen molar-refractivity contribution in [3.8, 4) is 0 Å². The van der Waals surface area contributed by atoms with E-state index in [4.69, 9.17) is 4.74 Å². The van der Waals surface area contributed by atoms with Crippen LogP contribution in [0.4, 0.5) is 0 Å². The third kappa shape index (κ3) is 2.10. The molecule has 0 bridgehead atoms. The van der Waals surface area contributed by atoms with Gasteiger partial charge in [-0.05, 0) is 12.8 Å². The van der Waals surface area contributed by atoms with Gasteiger partial charge in [0.25, 0.3) is 0 Å². The molecule has 0 aromatic carbocycles. The fraction of sp³-hybridized carbons (Fsp3) is 0.818. The average molecular weight is 224 g/mol. The SMILES string of the molecule is CCOCc1nnc2n1CCNC2C(C)C. The zero-order valence-electron chi connectivity index (χ0n) is 10.2. The molecule has 1 aliphatic rings. The second-order valence-corrected chi connectivity index (χ2v) is 4.44. The minimum absolute atomic E-state index is 0.316. The molecule has 1 aromatic rings. The molecule has 1 atom stereocenters. The maximum atomic E-state index is 5.40. The van der Waals surface area contributed by atoms with E-state index in [9.17, 15) is 0 Å². The van der Waals surface area contributed by atoms with Crippen LogP contribution in [-0.4, -0.2) is 27.9 Å². The number of nitrogens with one attached hydrogen (secondary N) is 1. The molecule has 2 rings (SSSR count). The van der Waals surface area contributed by atoms with Crippen molar-refractivity contribution < 1.29 is 4.74 Å². The van der Waals surface area contributed by atoms with Crippen LogP contribution < -0.4 is 5.32 Å². The molecular formula is C11H20N4O. The predicted molar refractivity (Wildman–Crippen MR) is 60.9 cm³/mol. The van der Waals surface area contributed by atoms with Gasteiger partial charge in [0.2, 0.25) is 0 Å². The summed E-state index contributed by atoms with van der Waals surface area (Å²) in [6.07, 6.45) is 0. The molecule has 1 N–H and O–H groups in total. The van der Waals surface area contributed by atoms with Gasteiger partial charge >= 0.3 is 0 Å². The van der Waals surface area contributed by atoms with Gasteiger partial charge in [0, 0.05) is 19.7 Å². The van der Waals surface area contributed by atoms with Gasteiger partial charge in [-0.1, -0.05) is 13.8 Å². The fourth-order valence-electron chi connectivity index (χ4n) is 2.08. The van der Waals surface area contributed by atoms with Gasteiger partial charge in [-0.3, -0.25) is 0 Å². The highest BCUT2D eigenvalue weighted by Gasteiger charge is 2.26. The molecule has 1 aromatic heterocycles. The second-order valence-electron chi connectivity index (χ2n) is 4.44.